The van der Waals surface area contributed by atoms with Crippen LogP contribution in [0.2, 0.25) is 0 Å². The second-order valence-electron chi connectivity index (χ2n) is 9.62. The number of amides is 2. The van der Waals surface area contributed by atoms with Crippen LogP contribution in [-0.4, -0.2) is 38.4 Å². The fraction of sp³-hybridized carbons (Fsp3) is 0.480. The minimum absolute atomic E-state index is 0.168. The Hall–Kier alpha value is -3.08. The first kappa shape index (κ1) is 26.0. The fourth-order valence-corrected chi connectivity index (χ4v) is 5.89. The molecule has 2 fully saturated rings. The van der Waals surface area contributed by atoms with Gasteiger partial charge in [-0.2, -0.15) is 13.2 Å². The number of benzene rings is 2. The van der Waals surface area contributed by atoms with E-state index in [0.29, 0.717) is 43.4 Å². The van der Waals surface area contributed by atoms with Crippen LogP contribution >= 0.6 is 0 Å². The summed E-state index contributed by atoms with van der Waals surface area (Å²) >= 11 is 0. The predicted molar refractivity (Wildman–Crippen MR) is 123 cm³/mol. The number of hydrogen-bond acceptors (Lipinski definition) is 4. The van der Waals surface area contributed by atoms with E-state index >= 15 is 0 Å². The lowest BCUT2D eigenvalue weighted by Crippen LogP contribution is -2.61. The van der Waals surface area contributed by atoms with Gasteiger partial charge in [0.05, 0.1) is 25.5 Å². The highest BCUT2D eigenvalue weighted by Gasteiger charge is 2.54. The number of nitrogens with one attached hydrogen (secondary N) is 1. The van der Waals surface area contributed by atoms with Gasteiger partial charge in [-0.05, 0) is 69.0 Å². The lowest BCUT2D eigenvalue weighted by atomic mass is 9.61. The highest BCUT2D eigenvalue weighted by Crippen LogP contribution is 2.52. The SMILES string of the molecule is COc1ccc([C@]23CCN[C@H]2C[C@](C)(N(C(N)=O)c2ccc(C(F)(F)F)c(F)c2F)CC3)cc1OC. The molecule has 1 aliphatic carbocycles. The number of carbonyl (C=O) groups is 1. The summed E-state index contributed by atoms with van der Waals surface area (Å²) in [5.74, 6) is -2.67. The van der Waals surface area contributed by atoms with Gasteiger partial charge in [0, 0.05) is 17.0 Å². The molecule has 1 heterocycles. The number of ether oxygens (including phenoxy) is 2. The van der Waals surface area contributed by atoms with Gasteiger partial charge >= 0.3 is 12.2 Å². The van der Waals surface area contributed by atoms with E-state index in [4.69, 9.17) is 15.2 Å². The molecule has 1 aliphatic heterocycles. The molecule has 6 nitrogen and oxygen atoms in total. The first-order valence-electron chi connectivity index (χ1n) is 11.5. The van der Waals surface area contributed by atoms with Crippen molar-refractivity contribution in [3.8, 4) is 11.5 Å². The van der Waals surface area contributed by atoms with Crippen LogP contribution in [0.5, 0.6) is 11.5 Å². The van der Waals surface area contributed by atoms with Gasteiger partial charge < -0.3 is 20.5 Å². The van der Waals surface area contributed by atoms with Crippen molar-refractivity contribution in [3.63, 3.8) is 0 Å². The van der Waals surface area contributed by atoms with Crippen molar-refractivity contribution < 1.29 is 36.2 Å². The molecule has 3 N–H and O–H groups in total. The van der Waals surface area contributed by atoms with E-state index in [9.17, 15) is 26.7 Å². The van der Waals surface area contributed by atoms with E-state index in [1.54, 1.807) is 21.1 Å². The summed E-state index contributed by atoms with van der Waals surface area (Å²) in [7, 11) is 3.09. The molecule has 36 heavy (non-hydrogen) atoms. The average molecular weight is 514 g/mol. The standard InChI is InChI=1S/C25H28F5N3O3/c1-23(33(22(31)34)16-6-5-15(25(28,29)30)20(26)21(16)27)8-9-24(10-11-32-19(24)13-23)14-4-7-17(35-2)18(12-14)36-3/h4-7,12,19,32H,8-11,13H2,1-3H3,(H2,31,34)/t19-,23+,24-/m0/s1. The largest absolute Gasteiger partial charge is 0.493 e. The summed E-state index contributed by atoms with van der Waals surface area (Å²) in [6, 6.07) is 5.64. The molecule has 1 saturated heterocycles. The molecule has 4 rings (SSSR count). The van der Waals surface area contributed by atoms with E-state index in [1.165, 1.54) is 0 Å². The smallest absolute Gasteiger partial charge is 0.419 e. The molecule has 0 spiro atoms. The van der Waals surface area contributed by atoms with Crippen molar-refractivity contribution in [3.05, 3.63) is 53.1 Å². The van der Waals surface area contributed by atoms with Gasteiger partial charge in [-0.3, -0.25) is 4.90 Å². The van der Waals surface area contributed by atoms with Crippen LogP contribution in [0.1, 0.15) is 43.7 Å². The van der Waals surface area contributed by atoms with Gasteiger partial charge in [-0.25, -0.2) is 13.6 Å². The molecule has 2 amide bonds. The number of primary amides is 1. The summed E-state index contributed by atoms with van der Waals surface area (Å²) in [4.78, 5) is 13.4. The van der Waals surface area contributed by atoms with Crippen LogP contribution in [-0.2, 0) is 11.6 Å². The summed E-state index contributed by atoms with van der Waals surface area (Å²) in [6.45, 7) is 2.38. The summed E-state index contributed by atoms with van der Waals surface area (Å²) < 4.78 is 79.3. The van der Waals surface area contributed by atoms with E-state index < -0.39 is 40.6 Å². The minimum Gasteiger partial charge on any atom is -0.493 e. The third-order valence-corrected chi connectivity index (χ3v) is 7.71. The van der Waals surface area contributed by atoms with E-state index in [2.05, 4.69) is 5.32 Å². The minimum atomic E-state index is -5.08. The Morgan fingerprint density at radius 3 is 2.36 bits per heavy atom. The van der Waals surface area contributed by atoms with Gasteiger partial charge in [-0.1, -0.05) is 6.07 Å². The monoisotopic (exact) mass is 513 g/mol. The topological polar surface area (TPSA) is 76.8 Å². The fourth-order valence-electron chi connectivity index (χ4n) is 5.89. The normalized spacial score (nSPS) is 25.8. The molecule has 3 atom stereocenters. The molecule has 0 bridgehead atoms. The quantitative estimate of drug-likeness (QED) is 0.544. The zero-order valence-corrected chi connectivity index (χ0v) is 20.1. The number of nitrogens with zero attached hydrogens (tertiary/aromatic N) is 1. The lowest BCUT2D eigenvalue weighted by molar-refractivity contribution is -0.140. The molecule has 11 heteroatoms. The number of methoxy groups -OCH3 is 2. The van der Waals surface area contributed by atoms with Crippen molar-refractivity contribution in [1.82, 2.24) is 5.32 Å². The first-order valence-corrected chi connectivity index (χ1v) is 11.5. The number of halogens is 5. The zero-order valence-electron chi connectivity index (χ0n) is 20.1. The van der Waals surface area contributed by atoms with Crippen LogP contribution < -0.4 is 25.4 Å². The molecule has 2 aliphatic rings. The zero-order chi connectivity index (χ0) is 26.5. The van der Waals surface area contributed by atoms with E-state index in [1.807, 2.05) is 18.2 Å². The Kier molecular flexibility index (Phi) is 6.57. The first-order chi connectivity index (χ1) is 16.9. The molecular formula is C25H28F5N3O3. The molecule has 0 radical (unpaired) electrons. The Labute approximate surface area is 205 Å². The molecule has 196 valence electrons. The third-order valence-electron chi connectivity index (χ3n) is 7.71. The number of carbonyl (C=O) groups excluding carboxylic acids is 1. The maximum atomic E-state index is 14.9. The lowest BCUT2D eigenvalue weighted by Gasteiger charge is -2.51. The Balaban J connectivity index is 1.71. The van der Waals surface area contributed by atoms with Crippen molar-refractivity contribution in [1.29, 1.82) is 0 Å². The van der Waals surface area contributed by atoms with Crippen molar-refractivity contribution >= 4 is 11.7 Å². The maximum Gasteiger partial charge on any atom is 0.419 e. The summed E-state index contributed by atoms with van der Waals surface area (Å²) in [5, 5.41) is 3.45. The Morgan fingerprint density at radius 2 is 1.75 bits per heavy atom. The third kappa shape index (κ3) is 4.12. The highest BCUT2D eigenvalue weighted by atomic mass is 19.4. The van der Waals surface area contributed by atoms with Gasteiger partial charge in [0.15, 0.2) is 23.1 Å². The van der Waals surface area contributed by atoms with Gasteiger partial charge in [0.1, 0.15) is 0 Å². The second kappa shape index (κ2) is 9.10. The Bertz CT molecular complexity index is 1170. The summed E-state index contributed by atoms with van der Waals surface area (Å²) in [6.07, 6.45) is -3.06. The highest BCUT2D eigenvalue weighted by molar-refractivity contribution is 5.92. The number of urea groups is 1. The van der Waals surface area contributed by atoms with E-state index in [0.717, 1.165) is 23.0 Å². The molecule has 2 aromatic carbocycles. The molecule has 2 aromatic rings. The van der Waals surface area contributed by atoms with Gasteiger partial charge in [0.25, 0.3) is 0 Å². The van der Waals surface area contributed by atoms with Crippen LogP contribution in [0.25, 0.3) is 0 Å². The molecular weight excluding hydrogens is 485 g/mol. The second-order valence-corrected chi connectivity index (χ2v) is 9.62. The average Bonchev–Trinajstić information content (AvgIpc) is 3.24. The van der Waals surface area contributed by atoms with E-state index in [-0.39, 0.29) is 11.5 Å². The van der Waals surface area contributed by atoms with Crippen LogP contribution in [0, 0.1) is 11.6 Å². The van der Waals surface area contributed by atoms with Crippen LogP contribution in [0.4, 0.5) is 32.4 Å². The molecule has 1 saturated carbocycles. The van der Waals surface area contributed by atoms with Crippen LogP contribution in [0.3, 0.4) is 0 Å². The number of rotatable bonds is 5. The number of anilines is 1. The molecule has 0 unspecified atom stereocenters. The van der Waals surface area contributed by atoms with Crippen LogP contribution in [0.15, 0.2) is 30.3 Å². The number of fused-ring (bicyclic) bond motifs is 1. The number of alkyl halides is 3. The van der Waals surface area contributed by atoms with Crippen molar-refractivity contribution in [2.24, 2.45) is 5.73 Å². The van der Waals surface area contributed by atoms with Crippen molar-refractivity contribution in [2.45, 2.75) is 55.8 Å². The number of hydrogen-bond donors (Lipinski definition) is 2. The van der Waals surface area contributed by atoms with Gasteiger partial charge in [-0.15, -0.1) is 0 Å². The predicted octanol–water partition coefficient (Wildman–Crippen LogP) is 5.13. The summed E-state index contributed by atoms with van der Waals surface area (Å²) in [5.41, 5.74) is 2.84. The van der Waals surface area contributed by atoms with Crippen molar-refractivity contribution in [2.75, 3.05) is 25.7 Å². The maximum absolute atomic E-state index is 14.9. The number of nitrogens with two attached hydrogens (primary N) is 1. The van der Waals surface area contributed by atoms with Gasteiger partial charge in [0.2, 0.25) is 0 Å². The molecule has 0 aromatic heterocycles. The Morgan fingerprint density at radius 1 is 1.06 bits per heavy atom.